The molecule has 0 saturated heterocycles. The topological polar surface area (TPSA) is 34.1 Å². The van der Waals surface area contributed by atoms with E-state index in [-0.39, 0.29) is 6.07 Å². The van der Waals surface area contributed by atoms with Gasteiger partial charge in [0.25, 0.3) is 15.5 Å². The van der Waals surface area contributed by atoms with Crippen molar-refractivity contribution in [2.75, 3.05) is 0 Å². The third-order valence-corrected chi connectivity index (χ3v) is 3.23. The lowest BCUT2D eigenvalue weighted by molar-refractivity contribution is -0.137. The van der Waals surface area contributed by atoms with Crippen LogP contribution in [0, 0.1) is 0 Å². The van der Waals surface area contributed by atoms with Crippen LogP contribution in [0.1, 0.15) is 17.6 Å². The molecular formula is C8H4ClF5O2S. The van der Waals surface area contributed by atoms with E-state index < -0.39 is 37.7 Å². The van der Waals surface area contributed by atoms with Crippen LogP contribution in [0.15, 0.2) is 23.1 Å². The van der Waals surface area contributed by atoms with E-state index in [4.69, 9.17) is 10.7 Å². The zero-order chi connectivity index (χ0) is 13.4. The van der Waals surface area contributed by atoms with E-state index in [1.165, 1.54) is 0 Å². The van der Waals surface area contributed by atoms with Crippen LogP contribution >= 0.6 is 10.7 Å². The molecule has 0 heterocycles. The van der Waals surface area contributed by atoms with Gasteiger partial charge >= 0.3 is 6.18 Å². The van der Waals surface area contributed by atoms with Gasteiger partial charge in [0.2, 0.25) is 0 Å². The van der Waals surface area contributed by atoms with E-state index >= 15 is 0 Å². The zero-order valence-corrected chi connectivity index (χ0v) is 9.37. The van der Waals surface area contributed by atoms with Crippen molar-refractivity contribution >= 4 is 19.7 Å². The van der Waals surface area contributed by atoms with Gasteiger partial charge in [-0.25, -0.2) is 17.2 Å². The Kier molecular flexibility index (Phi) is 3.68. The van der Waals surface area contributed by atoms with Crippen molar-refractivity contribution < 1.29 is 30.4 Å². The number of hydrogen-bond acceptors (Lipinski definition) is 2. The largest absolute Gasteiger partial charge is 0.416 e. The van der Waals surface area contributed by atoms with Gasteiger partial charge in [-0.3, -0.25) is 0 Å². The Bertz CT molecular complexity index is 523. The average molecular weight is 295 g/mol. The monoisotopic (exact) mass is 294 g/mol. The molecule has 0 spiro atoms. The van der Waals surface area contributed by atoms with Gasteiger partial charge in [0.05, 0.1) is 10.5 Å². The van der Waals surface area contributed by atoms with E-state index in [1.807, 2.05) is 0 Å². The minimum Gasteiger partial charge on any atom is -0.207 e. The molecule has 2 nitrogen and oxygen atoms in total. The fraction of sp³-hybridized carbons (Fsp3) is 0.250. The molecule has 0 aliphatic carbocycles. The lowest BCUT2D eigenvalue weighted by Gasteiger charge is -2.11. The molecule has 0 aliphatic heterocycles. The summed E-state index contributed by atoms with van der Waals surface area (Å²) >= 11 is 0. The highest BCUT2D eigenvalue weighted by Gasteiger charge is 2.33. The summed E-state index contributed by atoms with van der Waals surface area (Å²) in [6.07, 6.45) is -8.21. The van der Waals surface area contributed by atoms with Crippen LogP contribution in [-0.2, 0) is 15.2 Å². The van der Waals surface area contributed by atoms with E-state index in [0.29, 0.717) is 12.1 Å². The second-order valence-corrected chi connectivity index (χ2v) is 5.52. The van der Waals surface area contributed by atoms with Gasteiger partial charge in [-0.2, -0.15) is 13.2 Å². The van der Waals surface area contributed by atoms with Crippen LogP contribution in [0.2, 0.25) is 0 Å². The molecule has 0 N–H and O–H groups in total. The molecule has 0 saturated carbocycles. The van der Waals surface area contributed by atoms with Crippen molar-refractivity contribution in [2.45, 2.75) is 17.5 Å². The van der Waals surface area contributed by atoms with Crippen LogP contribution in [0.25, 0.3) is 0 Å². The standard InChI is InChI=1S/C8H4ClF5O2S/c9-17(15,16)6-2-1-4(8(12,13)14)3-5(6)7(10)11/h1-3,7H. The first-order valence-electron chi connectivity index (χ1n) is 3.97. The number of halogens is 6. The predicted molar refractivity (Wildman–Crippen MR) is 49.4 cm³/mol. The van der Waals surface area contributed by atoms with E-state index in [1.54, 1.807) is 0 Å². The Morgan fingerprint density at radius 3 is 2.06 bits per heavy atom. The molecule has 0 aliphatic rings. The maximum Gasteiger partial charge on any atom is 0.416 e. The summed E-state index contributed by atoms with van der Waals surface area (Å²) in [5.74, 6) is 0. The molecule has 0 aromatic heterocycles. The summed E-state index contributed by atoms with van der Waals surface area (Å²) in [4.78, 5) is -1.03. The minimum atomic E-state index is -4.84. The molecule has 0 amide bonds. The Hall–Kier alpha value is -0.890. The molecule has 0 fully saturated rings. The van der Waals surface area contributed by atoms with Crippen LogP contribution in [0.4, 0.5) is 22.0 Å². The van der Waals surface area contributed by atoms with Crippen LogP contribution in [-0.4, -0.2) is 8.42 Å². The van der Waals surface area contributed by atoms with Crippen molar-refractivity contribution in [3.8, 4) is 0 Å². The maximum atomic E-state index is 12.4. The molecule has 96 valence electrons. The molecular weight excluding hydrogens is 291 g/mol. The van der Waals surface area contributed by atoms with Gasteiger partial charge in [0.15, 0.2) is 0 Å². The summed E-state index contributed by atoms with van der Waals surface area (Å²) in [5.41, 5.74) is -2.63. The molecule has 1 rings (SSSR count). The Morgan fingerprint density at radius 1 is 1.18 bits per heavy atom. The second kappa shape index (κ2) is 4.41. The predicted octanol–water partition coefficient (Wildman–Crippen LogP) is 3.57. The van der Waals surface area contributed by atoms with Gasteiger partial charge in [0.1, 0.15) is 0 Å². The average Bonchev–Trinajstić information content (AvgIpc) is 2.14. The first-order chi connectivity index (χ1) is 7.53. The van der Waals surface area contributed by atoms with Gasteiger partial charge in [-0.15, -0.1) is 0 Å². The summed E-state index contributed by atoms with van der Waals surface area (Å²) in [5, 5.41) is 0. The van der Waals surface area contributed by atoms with Crippen molar-refractivity contribution in [1.29, 1.82) is 0 Å². The third-order valence-electron chi connectivity index (χ3n) is 1.83. The summed E-state index contributed by atoms with van der Waals surface area (Å²) < 4.78 is 83.3. The second-order valence-electron chi connectivity index (χ2n) is 2.99. The maximum absolute atomic E-state index is 12.4. The van der Waals surface area contributed by atoms with Crippen LogP contribution < -0.4 is 0 Å². The van der Waals surface area contributed by atoms with Crippen LogP contribution in [0.3, 0.4) is 0 Å². The normalized spacial score (nSPS) is 13.1. The van der Waals surface area contributed by atoms with Gasteiger partial charge in [0, 0.05) is 16.2 Å². The van der Waals surface area contributed by atoms with Crippen molar-refractivity contribution in [3.05, 3.63) is 29.3 Å². The number of rotatable bonds is 2. The van der Waals surface area contributed by atoms with Crippen LogP contribution in [0.5, 0.6) is 0 Å². The molecule has 9 heteroatoms. The molecule has 1 aromatic carbocycles. The number of alkyl halides is 5. The van der Waals surface area contributed by atoms with E-state index in [2.05, 4.69) is 0 Å². The van der Waals surface area contributed by atoms with Crippen molar-refractivity contribution in [1.82, 2.24) is 0 Å². The highest BCUT2D eigenvalue weighted by Crippen LogP contribution is 2.35. The molecule has 0 atom stereocenters. The summed E-state index contributed by atoms with van der Waals surface area (Å²) in [6, 6.07) is 0.855. The third kappa shape index (κ3) is 3.29. The Labute approximate surface area is 97.4 Å². The summed E-state index contributed by atoms with van der Waals surface area (Å²) in [6.45, 7) is 0. The quantitative estimate of drug-likeness (QED) is 0.617. The molecule has 1 aromatic rings. The minimum absolute atomic E-state index is 0.0694. The fourth-order valence-electron chi connectivity index (χ4n) is 1.12. The van der Waals surface area contributed by atoms with Gasteiger partial charge < -0.3 is 0 Å². The zero-order valence-electron chi connectivity index (χ0n) is 7.80. The van der Waals surface area contributed by atoms with Gasteiger partial charge in [-0.1, -0.05) is 0 Å². The smallest absolute Gasteiger partial charge is 0.207 e. The fourth-order valence-corrected chi connectivity index (χ4v) is 2.20. The number of hydrogen-bond donors (Lipinski definition) is 0. The SMILES string of the molecule is O=S(=O)(Cl)c1ccc(C(F)(F)F)cc1C(F)F. The molecule has 0 radical (unpaired) electrons. The van der Waals surface area contributed by atoms with E-state index in [0.717, 1.165) is 0 Å². The molecule has 0 unspecified atom stereocenters. The molecule has 17 heavy (non-hydrogen) atoms. The van der Waals surface area contributed by atoms with Crippen molar-refractivity contribution in [2.24, 2.45) is 0 Å². The Balaban J connectivity index is 3.49. The first kappa shape index (κ1) is 14.2. The number of benzene rings is 1. The first-order valence-corrected chi connectivity index (χ1v) is 6.28. The lowest BCUT2D eigenvalue weighted by Crippen LogP contribution is -2.08. The van der Waals surface area contributed by atoms with Gasteiger partial charge in [-0.05, 0) is 18.2 Å². The lowest BCUT2D eigenvalue weighted by atomic mass is 10.1. The van der Waals surface area contributed by atoms with Crippen molar-refractivity contribution in [3.63, 3.8) is 0 Å². The van der Waals surface area contributed by atoms with E-state index in [9.17, 15) is 30.4 Å². The Morgan fingerprint density at radius 2 is 1.71 bits per heavy atom. The highest BCUT2D eigenvalue weighted by molar-refractivity contribution is 8.13. The highest BCUT2D eigenvalue weighted by atomic mass is 35.7. The molecule has 0 bridgehead atoms. The summed E-state index contributed by atoms with van der Waals surface area (Å²) in [7, 11) is 0.316.